The van der Waals surface area contributed by atoms with E-state index in [2.05, 4.69) is 38.1 Å². The van der Waals surface area contributed by atoms with Gasteiger partial charge in [-0.3, -0.25) is 4.90 Å². The van der Waals surface area contributed by atoms with Gasteiger partial charge in [-0.15, -0.1) is 0 Å². The van der Waals surface area contributed by atoms with Crippen molar-refractivity contribution in [1.82, 2.24) is 4.90 Å². The van der Waals surface area contributed by atoms with Gasteiger partial charge in [0.2, 0.25) is 0 Å². The first-order valence-electron chi connectivity index (χ1n) is 7.06. The van der Waals surface area contributed by atoms with Crippen LogP contribution >= 0.6 is 27.5 Å². The molecule has 1 aromatic carbocycles. The molecule has 1 aromatic rings. The number of oxime groups is 1. The third-order valence-electron chi connectivity index (χ3n) is 4.13. The number of likely N-dealkylation sites (tertiary alicyclic amines) is 1. The molecule has 3 rings (SSSR count). The number of halogens is 2. The van der Waals surface area contributed by atoms with Gasteiger partial charge in [-0.2, -0.15) is 0 Å². The predicted molar refractivity (Wildman–Crippen MR) is 85.3 cm³/mol. The van der Waals surface area contributed by atoms with Crippen molar-refractivity contribution in [2.75, 3.05) is 13.1 Å². The van der Waals surface area contributed by atoms with E-state index in [9.17, 15) is 0 Å². The largest absolute Gasteiger partial charge is 0.391 e. The lowest BCUT2D eigenvalue weighted by Gasteiger charge is -2.33. The van der Waals surface area contributed by atoms with E-state index in [4.69, 9.17) is 16.4 Å². The third kappa shape index (κ3) is 3.54. The zero-order valence-electron chi connectivity index (χ0n) is 11.3. The maximum Gasteiger partial charge on any atom is 0.136 e. The molecule has 0 bridgehead atoms. The summed E-state index contributed by atoms with van der Waals surface area (Å²) in [6.45, 7) is 3.27. The van der Waals surface area contributed by atoms with Crippen LogP contribution in [-0.4, -0.2) is 28.7 Å². The maximum atomic E-state index is 5.92. The molecule has 1 unspecified atom stereocenters. The van der Waals surface area contributed by atoms with Gasteiger partial charge in [-0.05, 0) is 59.6 Å². The molecule has 1 atom stereocenters. The zero-order valence-corrected chi connectivity index (χ0v) is 13.6. The Bertz CT molecular complexity index is 483. The predicted octanol–water partition coefficient (Wildman–Crippen LogP) is 4.05. The van der Waals surface area contributed by atoms with E-state index in [0.717, 1.165) is 35.7 Å². The van der Waals surface area contributed by atoms with Crippen LogP contribution < -0.4 is 0 Å². The first-order valence-corrected chi connectivity index (χ1v) is 8.23. The van der Waals surface area contributed by atoms with Crippen LogP contribution in [0.4, 0.5) is 0 Å². The summed E-state index contributed by atoms with van der Waals surface area (Å²) in [7, 11) is 0. The first kappa shape index (κ1) is 14.4. The molecule has 108 valence electrons. The number of piperidine rings is 1. The molecular formula is C15H18BrClN2O. The normalized spacial score (nSPS) is 24.5. The number of hydrogen-bond donors (Lipinski definition) is 0. The molecule has 20 heavy (non-hydrogen) atoms. The van der Waals surface area contributed by atoms with Gasteiger partial charge in [0.15, 0.2) is 0 Å². The van der Waals surface area contributed by atoms with E-state index in [1.165, 1.54) is 18.4 Å². The topological polar surface area (TPSA) is 24.8 Å². The van der Waals surface area contributed by atoms with E-state index >= 15 is 0 Å². The van der Waals surface area contributed by atoms with E-state index in [-0.39, 0.29) is 6.10 Å². The lowest BCUT2D eigenvalue weighted by Crippen LogP contribution is -2.37. The average Bonchev–Trinajstić information content (AvgIpc) is 2.89. The summed E-state index contributed by atoms with van der Waals surface area (Å²) in [5.74, 6) is 0.635. The third-order valence-corrected chi connectivity index (χ3v) is 4.85. The number of benzene rings is 1. The summed E-state index contributed by atoms with van der Waals surface area (Å²) >= 11 is 9.33. The summed E-state index contributed by atoms with van der Waals surface area (Å²) in [6.07, 6.45) is 3.59. The van der Waals surface area contributed by atoms with Gasteiger partial charge in [-0.1, -0.05) is 28.9 Å². The van der Waals surface area contributed by atoms with Crippen molar-refractivity contribution in [3.8, 4) is 0 Å². The molecule has 0 aromatic heterocycles. The van der Waals surface area contributed by atoms with Crippen LogP contribution in [0.15, 0.2) is 29.4 Å². The highest BCUT2D eigenvalue weighted by Crippen LogP contribution is 2.29. The van der Waals surface area contributed by atoms with Crippen LogP contribution in [-0.2, 0) is 11.4 Å². The Morgan fingerprint density at radius 3 is 2.55 bits per heavy atom. The highest BCUT2D eigenvalue weighted by atomic mass is 79.9. The molecule has 3 nitrogen and oxygen atoms in total. The second kappa shape index (κ2) is 6.46. The van der Waals surface area contributed by atoms with Crippen molar-refractivity contribution >= 4 is 32.2 Å². The van der Waals surface area contributed by atoms with E-state index in [0.29, 0.717) is 5.92 Å². The quantitative estimate of drug-likeness (QED) is 0.815. The van der Waals surface area contributed by atoms with Crippen molar-refractivity contribution in [2.24, 2.45) is 11.1 Å². The fourth-order valence-electron chi connectivity index (χ4n) is 2.95. The molecule has 0 aliphatic carbocycles. The number of nitrogens with zero attached hydrogens (tertiary/aromatic N) is 2. The van der Waals surface area contributed by atoms with Crippen LogP contribution in [0.2, 0.25) is 5.02 Å². The lowest BCUT2D eigenvalue weighted by atomic mass is 9.90. The Balaban J connectivity index is 1.48. The van der Waals surface area contributed by atoms with Gasteiger partial charge >= 0.3 is 0 Å². The first-order chi connectivity index (χ1) is 9.70. The smallest absolute Gasteiger partial charge is 0.136 e. The van der Waals surface area contributed by atoms with Crippen LogP contribution in [0.3, 0.4) is 0 Å². The Kier molecular flexibility index (Phi) is 4.64. The Morgan fingerprint density at radius 2 is 1.95 bits per heavy atom. The summed E-state index contributed by atoms with van der Waals surface area (Å²) in [4.78, 5) is 7.98. The fraction of sp³-hybridized carbons (Fsp3) is 0.533. The highest BCUT2D eigenvalue weighted by Gasteiger charge is 2.31. The van der Waals surface area contributed by atoms with E-state index in [1.807, 2.05) is 12.1 Å². The zero-order chi connectivity index (χ0) is 13.9. The molecule has 2 aliphatic heterocycles. The van der Waals surface area contributed by atoms with Crippen molar-refractivity contribution in [3.05, 3.63) is 34.9 Å². The van der Waals surface area contributed by atoms with Gasteiger partial charge < -0.3 is 4.84 Å². The second-order valence-electron chi connectivity index (χ2n) is 5.56. The highest BCUT2D eigenvalue weighted by molar-refractivity contribution is 9.18. The van der Waals surface area contributed by atoms with Crippen LogP contribution in [0, 0.1) is 5.92 Å². The molecule has 5 heteroatoms. The minimum absolute atomic E-state index is 0.280. The summed E-state index contributed by atoms with van der Waals surface area (Å²) in [6, 6.07) is 8.15. The van der Waals surface area contributed by atoms with Crippen LogP contribution in [0.5, 0.6) is 0 Å². The van der Waals surface area contributed by atoms with Crippen molar-refractivity contribution < 1.29 is 4.84 Å². The standard InChI is InChI=1S/C15H18BrClN2O/c16-15-9-14(20-18-15)12-5-7-19(8-6-12)10-11-1-3-13(17)4-2-11/h1-4,12,14H,5-10H2. The maximum absolute atomic E-state index is 5.92. The van der Waals surface area contributed by atoms with Crippen LogP contribution in [0.25, 0.3) is 0 Å². The van der Waals surface area contributed by atoms with Gasteiger partial charge in [-0.25, -0.2) is 0 Å². The van der Waals surface area contributed by atoms with E-state index in [1.54, 1.807) is 0 Å². The fourth-order valence-corrected chi connectivity index (χ4v) is 3.48. The summed E-state index contributed by atoms with van der Waals surface area (Å²) < 4.78 is 0.950. The average molecular weight is 358 g/mol. The minimum atomic E-state index is 0.280. The summed E-state index contributed by atoms with van der Waals surface area (Å²) in [5, 5.41) is 4.80. The molecule has 0 spiro atoms. The molecule has 0 radical (unpaired) electrons. The van der Waals surface area contributed by atoms with Crippen molar-refractivity contribution in [3.63, 3.8) is 0 Å². The Labute approximate surface area is 133 Å². The van der Waals surface area contributed by atoms with E-state index < -0.39 is 0 Å². The molecule has 0 amide bonds. The molecule has 0 saturated carbocycles. The van der Waals surface area contributed by atoms with Crippen molar-refractivity contribution in [2.45, 2.75) is 31.9 Å². The summed E-state index contributed by atoms with van der Waals surface area (Å²) in [5.41, 5.74) is 1.33. The Hall–Kier alpha value is -0.580. The molecular weight excluding hydrogens is 340 g/mol. The number of hydrogen-bond acceptors (Lipinski definition) is 3. The molecule has 1 fully saturated rings. The lowest BCUT2D eigenvalue weighted by molar-refractivity contribution is 0.0127. The number of rotatable bonds is 3. The molecule has 1 saturated heterocycles. The van der Waals surface area contributed by atoms with Gasteiger partial charge in [0.05, 0.1) is 0 Å². The van der Waals surface area contributed by atoms with Crippen molar-refractivity contribution in [1.29, 1.82) is 0 Å². The van der Waals surface area contributed by atoms with Crippen LogP contribution in [0.1, 0.15) is 24.8 Å². The molecule has 0 N–H and O–H groups in total. The van der Waals surface area contributed by atoms with Gasteiger partial charge in [0.25, 0.3) is 0 Å². The minimum Gasteiger partial charge on any atom is -0.391 e. The van der Waals surface area contributed by atoms with Gasteiger partial charge in [0.1, 0.15) is 10.7 Å². The second-order valence-corrected chi connectivity index (χ2v) is 6.91. The molecule has 2 heterocycles. The SMILES string of the molecule is Clc1ccc(CN2CCC(C3CC(Br)=NO3)CC2)cc1. The Morgan fingerprint density at radius 1 is 1.25 bits per heavy atom. The van der Waals surface area contributed by atoms with Gasteiger partial charge in [0, 0.05) is 23.9 Å². The monoisotopic (exact) mass is 356 g/mol. The molecule has 2 aliphatic rings.